The van der Waals surface area contributed by atoms with Gasteiger partial charge in [0.15, 0.2) is 5.78 Å². The zero-order valence-corrected chi connectivity index (χ0v) is 10.3. The summed E-state index contributed by atoms with van der Waals surface area (Å²) < 4.78 is 5.41. The van der Waals surface area contributed by atoms with Gasteiger partial charge < -0.3 is 4.74 Å². The van der Waals surface area contributed by atoms with E-state index in [1.165, 1.54) is 0 Å². The van der Waals surface area contributed by atoms with Gasteiger partial charge in [-0.25, -0.2) is 0 Å². The van der Waals surface area contributed by atoms with Crippen molar-refractivity contribution in [1.82, 2.24) is 0 Å². The van der Waals surface area contributed by atoms with Gasteiger partial charge in [0, 0.05) is 0 Å². The first-order valence-electron chi connectivity index (χ1n) is 5.75. The van der Waals surface area contributed by atoms with Gasteiger partial charge in [-0.05, 0) is 19.4 Å². The minimum absolute atomic E-state index is 0.0531. The molecule has 1 aliphatic rings. The first-order chi connectivity index (χ1) is 7.94. The molecule has 0 aromatic heterocycles. The average Bonchev–Trinajstić information content (AvgIpc) is 2.33. The number of carbonyl (C=O) groups is 2. The minimum atomic E-state index is -1.02. The molecule has 0 N–H and O–H groups in total. The molecule has 0 amide bonds. The normalized spacial score (nSPS) is 27.7. The number of hydrogen-bond acceptors (Lipinski definition) is 3. The Hall–Kier alpha value is -1.64. The van der Waals surface area contributed by atoms with Gasteiger partial charge in [0.05, 0.1) is 5.92 Å². The number of ketones is 1. The molecular weight excluding hydrogens is 216 g/mol. The molecule has 2 rings (SSSR count). The largest absolute Gasteiger partial charge is 0.456 e. The minimum Gasteiger partial charge on any atom is -0.456 e. The van der Waals surface area contributed by atoms with E-state index in [9.17, 15) is 9.59 Å². The van der Waals surface area contributed by atoms with E-state index in [1.54, 1.807) is 13.8 Å². The molecule has 1 fully saturated rings. The molecule has 1 aliphatic heterocycles. The lowest BCUT2D eigenvalue weighted by Crippen LogP contribution is -2.46. The third kappa shape index (κ3) is 1.86. The molecule has 1 saturated heterocycles. The zero-order valence-electron chi connectivity index (χ0n) is 10.3. The number of hydrogen-bond donors (Lipinski definition) is 0. The predicted octanol–water partition coefficient (Wildman–Crippen LogP) is 2.52. The number of Topliss-reactive ketones (excluding diaryl/α,β-unsaturated/α-hetero) is 1. The lowest BCUT2D eigenvalue weighted by atomic mass is 9.76. The smallest absolute Gasteiger partial charge is 0.319 e. The first kappa shape index (κ1) is 11.8. The Bertz CT molecular complexity index is 448. The van der Waals surface area contributed by atoms with Crippen molar-refractivity contribution in [2.45, 2.75) is 26.9 Å². The molecule has 0 saturated carbocycles. The van der Waals surface area contributed by atoms with Crippen molar-refractivity contribution < 1.29 is 14.3 Å². The SMILES string of the molecule is C[C@H]1C(=O)C(C)(C)C(=O)O[C@@H]1c1ccccc1. The second kappa shape index (κ2) is 3.99. The van der Waals surface area contributed by atoms with Crippen LogP contribution in [0.25, 0.3) is 0 Å². The van der Waals surface area contributed by atoms with Gasteiger partial charge in [0.1, 0.15) is 11.5 Å². The van der Waals surface area contributed by atoms with E-state index in [0.717, 1.165) is 5.56 Å². The number of rotatable bonds is 1. The predicted molar refractivity (Wildman–Crippen MR) is 63.2 cm³/mol. The Morgan fingerprint density at radius 2 is 1.71 bits per heavy atom. The standard InChI is InChI=1S/C14H16O3/c1-9-11(10-7-5-4-6-8-10)17-13(16)14(2,3)12(9)15/h4-9,11H,1-3H3/t9-,11+/m1/s1. The van der Waals surface area contributed by atoms with Crippen LogP contribution in [-0.2, 0) is 14.3 Å². The molecule has 3 heteroatoms. The van der Waals surface area contributed by atoms with E-state index in [2.05, 4.69) is 0 Å². The van der Waals surface area contributed by atoms with Crippen LogP contribution in [0.15, 0.2) is 30.3 Å². The van der Waals surface area contributed by atoms with Crippen LogP contribution in [0.3, 0.4) is 0 Å². The van der Waals surface area contributed by atoms with Gasteiger partial charge in [-0.1, -0.05) is 37.3 Å². The molecular formula is C14H16O3. The van der Waals surface area contributed by atoms with Crippen LogP contribution < -0.4 is 0 Å². The molecule has 90 valence electrons. The van der Waals surface area contributed by atoms with Gasteiger partial charge in [-0.3, -0.25) is 9.59 Å². The molecule has 0 unspecified atom stereocenters. The fourth-order valence-corrected chi connectivity index (χ4v) is 2.17. The van der Waals surface area contributed by atoms with Crippen LogP contribution in [0.2, 0.25) is 0 Å². The summed E-state index contributed by atoms with van der Waals surface area (Å²) in [6.45, 7) is 5.05. The maximum absolute atomic E-state index is 12.1. The summed E-state index contributed by atoms with van der Waals surface area (Å²) in [5.74, 6) is -0.790. The lowest BCUT2D eigenvalue weighted by Gasteiger charge is -2.36. The van der Waals surface area contributed by atoms with E-state index in [0.29, 0.717) is 0 Å². The fraction of sp³-hybridized carbons (Fsp3) is 0.429. The quantitative estimate of drug-likeness (QED) is 0.552. The summed E-state index contributed by atoms with van der Waals surface area (Å²) in [6.07, 6.45) is -0.454. The molecule has 0 spiro atoms. The van der Waals surface area contributed by atoms with Gasteiger partial charge in [-0.2, -0.15) is 0 Å². The Balaban J connectivity index is 2.34. The van der Waals surface area contributed by atoms with Gasteiger partial charge in [0.2, 0.25) is 0 Å². The molecule has 1 heterocycles. The molecule has 1 aromatic carbocycles. The number of carbonyl (C=O) groups excluding carboxylic acids is 2. The third-order valence-corrected chi connectivity index (χ3v) is 3.36. The second-order valence-electron chi connectivity index (χ2n) is 5.01. The molecule has 3 nitrogen and oxygen atoms in total. The van der Waals surface area contributed by atoms with Crippen molar-refractivity contribution in [3.05, 3.63) is 35.9 Å². The average molecular weight is 232 g/mol. The van der Waals surface area contributed by atoms with E-state index >= 15 is 0 Å². The Labute approximate surface area is 101 Å². The molecule has 0 bridgehead atoms. The van der Waals surface area contributed by atoms with Crippen molar-refractivity contribution in [3.63, 3.8) is 0 Å². The maximum Gasteiger partial charge on any atom is 0.319 e. The van der Waals surface area contributed by atoms with Crippen molar-refractivity contribution in [1.29, 1.82) is 0 Å². The first-order valence-corrected chi connectivity index (χ1v) is 5.75. The van der Waals surface area contributed by atoms with E-state index in [4.69, 9.17) is 4.74 Å². The topological polar surface area (TPSA) is 43.4 Å². The maximum atomic E-state index is 12.1. The number of cyclic esters (lactones) is 1. The highest BCUT2D eigenvalue weighted by Crippen LogP contribution is 2.39. The highest BCUT2D eigenvalue weighted by molar-refractivity contribution is 6.05. The highest BCUT2D eigenvalue weighted by Gasteiger charge is 2.48. The molecule has 0 radical (unpaired) electrons. The Morgan fingerprint density at radius 3 is 2.29 bits per heavy atom. The number of benzene rings is 1. The van der Waals surface area contributed by atoms with Crippen molar-refractivity contribution in [3.8, 4) is 0 Å². The molecule has 1 aromatic rings. The second-order valence-corrected chi connectivity index (χ2v) is 5.01. The summed E-state index contributed by atoms with van der Waals surface area (Å²) in [7, 11) is 0. The monoisotopic (exact) mass is 232 g/mol. The van der Waals surface area contributed by atoms with E-state index < -0.39 is 17.5 Å². The van der Waals surface area contributed by atoms with E-state index in [1.807, 2.05) is 37.3 Å². The summed E-state index contributed by atoms with van der Waals surface area (Å²) in [5, 5.41) is 0. The van der Waals surface area contributed by atoms with Crippen LogP contribution in [0.5, 0.6) is 0 Å². The van der Waals surface area contributed by atoms with Crippen LogP contribution in [0.4, 0.5) is 0 Å². The van der Waals surface area contributed by atoms with Crippen LogP contribution >= 0.6 is 0 Å². The molecule has 17 heavy (non-hydrogen) atoms. The van der Waals surface area contributed by atoms with Crippen LogP contribution in [-0.4, -0.2) is 11.8 Å². The molecule has 0 aliphatic carbocycles. The molecule has 2 atom stereocenters. The van der Waals surface area contributed by atoms with Crippen LogP contribution in [0, 0.1) is 11.3 Å². The number of ether oxygens (including phenoxy) is 1. The summed E-state index contributed by atoms with van der Waals surface area (Å²) >= 11 is 0. The highest BCUT2D eigenvalue weighted by atomic mass is 16.5. The van der Waals surface area contributed by atoms with Gasteiger partial charge >= 0.3 is 5.97 Å². The summed E-state index contributed by atoms with van der Waals surface area (Å²) in [4.78, 5) is 24.0. The van der Waals surface area contributed by atoms with E-state index in [-0.39, 0.29) is 11.7 Å². The zero-order chi connectivity index (χ0) is 12.6. The van der Waals surface area contributed by atoms with Crippen molar-refractivity contribution in [2.24, 2.45) is 11.3 Å². The Morgan fingerprint density at radius 1 is 1.12 bits per heavy atom. The fourth-order valence-electron chi connectivity index (χ4n) is 2.17. The lowest BCUT2D eigenvalue weighted by molar-refractivity contribution is -0.178. The summed E-state index contributed by atoms with van der Waals surface area (Å²) in [6, 6.07) is 9.39. The van der Waals surface area contributed by atoms with Crippen molar-refractivity contribution >= 4 is 11.8 Å². The van der Waals surface area contributed by atoms with Gasteiger partial charge in [-0.15, -0.1) is 0 Å². The Kier molecular flexibility index (Phi) is 2.77. The third-order valence-electron chi connectivity index (χ3n) is 3.36. The number of esters is 1. The van der Waals surface area contributed by atoms with Crippen molar-refractivity contribution in [2.75, 3.05) is 0 Å². The van der Waals surface area contributed by atoms with Gasteiger partial charge in [0.25, 0.3) is 0 Å². The van der Waals surface area contributed by atoms with Crippen LogP contribution in [0.1, 0.15) is 32.4 Å². The summed E-state index contributed by atoms with van der Waals surface area (Å²) in [5.41, 5.74) is -0.151.